The van der Waals surface area contributed by atoms with E-state index in [1.165, 1.54) is 0 Å². The molecular weight excluding hydrogens is 328 g/mol. The normalized spacial score (nSPS) is 11.1. The van der Waals surface area contributed by atoms with Crippen molar-refractivity contribution >= 4 is 34.0 Å². The molecule has 0 spiro atoms. The first-order chi connectivity index (χ1) is 12.7. The van der Waals surface area contributed by atoms with Crippen molar-refractivity contribution in [2.75, 3.05) is 12.3 Å². The van der Waals surface area contributed by atoms with Gasteiger partial charge >= 0.3 is 5.97 Å². The number of anilines is 1. The third kappa shape index (κ3) is 2.65. The zero-order chi connectivity index (χ0) is 18.1. The van der Waals surface area contributed by atoms with Crippen LogP contribution >= 0.6 is 0 Å². The minimum atomic E-state index is -0.480. The average Bonchev–Trinajstić information content (AvgIpc) is 2.92. The summed E-state index contributed by atoms with van der Waals surface area (Å²) in [4.78, 5) is 21.8. The zero-order valence-corrected chi connectivity index (χ0v) is 14.3. The number of carbonyl (C=O) groups is 1. The molecular formula is C20H18N4O2. The van der Waals surface area contributed by atoms with Gasteiger partial charge < -0.3 is 15.0 Å². The number of fused-ring (bicyclic) bond motifs is 2. The fourth-order valence-corrected chi connectivity index (χ4v) is 3.05. The van der Waals surface area contributed by atoms with Gasteiger partial charge in [0.2, 0.25) is 0 Å². The van der Waals surface area contributed by atoms with E-state index in [0.717, 1.165) is 11.1 Å². The maximum atomic E-state index is 12.5. The smallest absolute Gasteiger partial charge is 0.344 e. The van der Waals surface area contributed by atoms with Crippen molar-refractivity contribution in [1.82, 2.24) is 14.5 Å². The first kappa shape index (κ1) is 16.1. The molecule has 2 aromatic carbocycles. The van der Waals surface area contributed by atoms with Gasteiger partial charge in [0.1, 0.15) is 16.9 Å². The predicted molar refractivity (Wildman–Crippen MR) is 101 cm³/mol. The lowest BCUT2D eigenvalue weighted by Gasteiger charge is -2.08. The second-order valence-electron chi connectivity index (χ2n) is 5.94. The first-order valence-electron chi connectivity index (χ1n) is 8.44. The maximum absolute atomic E-state index is 12.5. The highest BCUT2D eigenvalue weighted by molar-refractivity contribution is 6.08. The second-order valence-corrected chi connectivity index (χ2v) is 5.94. The van der Waals surface area contributed by atoms with Gasteiger partial charge in [0.25, 0.3) is 0 Å². The van der Waals surface area contributed by atoms with Crippen LogP contribution in [0, 0.1) is 0 Å². The molecule has 0 saturated heterocycles. The Labute approximate surface area is 150 Å². The Morgan fingerprint density at radius 2 is 1.69 bits per heavy atom. The Balaban J connectivity index is 1.98. The fraction of sp³-hybridized carbons (Fsp3) is 0.150. The van der Waals surface area contributed by atoms with E-state index in [1.54, 1.807) is 6.92 Å². The quantitative estimate of drug-likeness (QED) is 0.573. The highest BCUT2D eigenvalue weighted by Gasteiger charge is 2.24. The SMILES string of the molecule is CCOC(=O)c1c(N)n(Cc2ccccc2)c2nc3ccccc3nc12. The summed E-state index contributed by atoms with van der Waals surface area (Å²) in [5.41, 5.74) is 10.2. The predicted octanol–water partition coefficient (Wildman–Crippen LogP) is 3.39. The molecule has 6 nitrogen and oxygen atoms in total. The molecule has 0 aliphatic heterocycles. The molecule has 0 bridgehead atoms. The molecule has 6 heteroatoms. The Morgan fingerprint density at radius 3 is 2.38 bits per heavy atom. The van der Waals surface area contributed by atoms with E-state index in [4.69, 9.17) is 15.5 Å². The van der Waals surface area contributed by atoms with Crippen molar-refractivity contribution in [3.05, 3.63) is 65.7 Å². The number of nitrogen functional groups attached to an aromatic ring is 1. The lowest BCUT2D eigenvalue weighted by molar-refractivity contribution is 0.0529. The van der Waals surface area contributed by atoms with Crippen LogP contribution in [0.15, 0.2) is 54.6 Å². The number of ether oxygens (including phenoxy) is 1. The van der Waals surface area contributed by atoms with Crippen molar-refractivity contribution in [3.63, 3.8) is 0 Å². The van der Waals surface area contributed by atoms with Gasteiger partial charge in [0, 0.05) is 0 Å². The summed E-state index contributed by atoms with van der Waals surface area (Å²) in [6.45, 7) is 2.53. The highest BCUT2D eigenvalue weighted by atomic mass is 16.5. The van der Waals surface area contributed by atoms with Crippen molar-refractivity contribution < 1.29 is 9.53 Å². The molecule has 0 aliphatic carbocycles. The number of nitrogens with two attached hydrogens (primary N) is 1. The highest BCUT2D eigenvalue weighted by Crippen LogP contribution is 2.29. The number of hydrogen-bond donors (Lipinski definition) is 1. The summed E-state index contributed by atoms with van der Waals surface area (Å²) in [6, 6.07) is 17.4. The summed E-state index contributed by atoms with van der Waals surface area (Å²) in [7, 11) is 0. The molecule has 0 fully saturated rings. The molecule has 4 rings (SSSR count). The van der Waals surface area contributed by atoms with Gasteiger partial charge in [-0.3, -0.25) is 0 Å². The molecule has 0 amide bonds. The number of para-hydroxylation sites is 2. The fourth-order valence-electron chi connectivity index (χ4n) is 3.05. The van der Waals surface area contributed by atoms with E-state index in [1.807, 2.05) is 59.2 Å². The van der Waals surface area contributed by atoms with Gasteiger partial charge in [0.05, 0.1) is 24.2 Å². The number of aromatic nitrogens is 3. The molecule has 0 unspecified atom stereocenters. The minimum Gasteiger partial charge on any atom is -0.462 e. The summed E-state index contributed by atoms with van der Waals surface area (Å²) >= 11 is 0. The standard InChI is InChI=1S/C20H18N4O2/c1-2-26-20(25)16-17-19(23-15-11-7-6-10-14(15)22-17)24(18(16)21)12-13-8-4-3-5-9-13/h3-11H,2,12,21H2,1H3. The Bertz CT molecular complexity index is 1100. The van der Waals surface area contributed by atoms with Crippen molar-refractivity contribution in [1.29, 1.82) is 0 Å². The van der Waals surface area contributed by atoms with Gasteiger partial charge in [0.15, 0.2) is 5.65 Å². The van der Waals surface area contributed by atoms with Crippen LogP contribution in [0.2, 0.25) is 0 Å². The minimum absolute atomic E-state index is 0.268. The Kier molecular flexibility index (Phi) is 4.01. The number of benzene rings is 2. The van der Waals surface area contributed by atoms with Crippen LogP contribution < -0.4 is 5.73 Å². The van der Waals surface area contributed by atoms with Crippen LogP contribution in [0.3, 0.4) is 0 Å². The topological polar surface area (TPSA) is 83.0 Å². The first-order valence-corrected chi connectivity index (χ1v) is 8.44. The van der Waals surface area contributed by atoms with E-state index in [2.05, 4.69) is 4.98 Å². The van der Waals surface area contributed by atoms with E-state index >= 15 is 0 Å². The summed E-state index contributed by atoms with van der Waals surface area (Å²) in [5, 5.41) is 0. The van der Waals surface area contributed by atoms with E-state index in [9.17, 15) is 4.79 Å². The van der Waals surface area contributed by atoms with Crippen molar-refractivity contribution in [2.45, 2.75) is 13.5 Å². The monoisotopic (exact) mass is 346 g/mol. The average molecular weight is 346 g/mol. The van der Waals surface area contributed by atoms with E-state index in [-0.39, 0.29) is 12.2 Å². The molecule has 0 radical (unpaired) electrons. The number of nitrogens with zero attached hydrogens (tertiary/aromatic N) is 3. The third-order valence-electron chi connectivity index (χ3n) is 4.25. The van der Waals surface area contributed by atoms with Gasteiger partial charge in [-0.25, -0.2) is 14.8 Å². The molecule has 0 atom stereocenters. The number of rotatable bonds is 4. The van der Waals surface area contributed by atoms with Crippen LogP contribution in [0.5, 0.6) is 0 Å². The van der Waals surface area contributed by atoms with E-state index < -0.39 is 5.97 Å². The van der Waals surface area contributed by atoms with Crippen LogP contribution in [-0.2, 0) is 11.3 Å². The van der Waals surface area contributed by atoms with Crippen LogP contribution in [0.1, 0.15) is 22.8 Å². The van der Waals surface area contributed by atoms with Gasteiger partial charge in [-0.05, 0) is 24.6 Å². The lowest BCUT2D eigenvalue weighted by atomic mass is 10.2. The molecule has 130 valence electrons. The molecule has 2 aromatic heterocycles. The maximum Gasteiger partial charge on any atom is 0.344 e. The summed E-state index contributed by atoms with van der Waals surface area (Å²) < 4.78 is 7.01. The van der Waals surface area contributed by atoms with Crippen LogP contribution in [-0.4, -0.2) is 27.1 Å². The zero-order valence-electron chi connectivity index (χ0n) is 14.3. The van der Waals surface area contributed by atoms with Crippen molar-refractivity contribution in [3.8, 4) is 0 Å². The third-order valence-corrected chi connectivity index (χ3v) is 4.25. The Morgan fingerprint density at radius 1 is 1.04 bits per heavy atom. The lowest BCUT2D eigenvalue weighted by Crippen LogP contribution is -2.10. The summed E-state index contributed by atoms with van der Waals surface area (Å²) in [5.74, 6) is -0.163. The number of hydrogen-bond acceptors (Lipinski definition) is 5. The van der Waals surface area contributed by atoms with Gasteiger partial charge in [-0.1, -0.05) is 42.5 Å². The second kappa shape index (κ2) is 6.48. The molecule has 0 saturated carbocycles. The van der Waals surface area contributed by atoms with Crippen LogP contribution in [0.25, 0.3) is 22.2 Å². The number of carbonyl (C=O) groups excluding carboxylic acids is 1. The summed E-state index contributed by atoms with van der Waals surface area (Å²) in [6.07, 6.45) is 0. The largest absolute Gasteiger partial charge is 0.462 e. The molecule has 0 aliphatic rings. The van der Waals surface area contributed by atoms with Crippen molar-refractivity contribution in [2.24, 2.45) is 0 Å². The van der Waals surface area contributed by atoms with Gasteiger partial charge in [-0.15, -0.1) is 0 Å². The molecule has 4 aromatic rings. The molecule has 26 heavy (non-hydrogen) atoms. The molecule has 2 N–H and O–H groups in total. The van der Waals surface area contributed by atoms with Gasteiger partial charge in [-0.2, -0.15) is 0 Å². The molecule has 2 heterocycles. The van der Waals surface area contributed by atoms with E-state index in [0.29, 0.717) is 29.0 Å². The number of esters is 1. The van der Waals surface area contributed by atoms with Crippen LogP contribution in [0.4, 0.5) is 5.82 Å². The Hall–Kier alpha value is -3.41.